The van der Waals surface area contributed by atoms with Crippen molar-refractivity contribution in [2.45, 2.75) is 0 Å². The summed E-state index contributed by atoms with van der Waals surface area (Å²) in [5, 5.41) is 8.70. The maximum atomic E-state index is 13.7. The number of aromatic nitrogens is 2. The summed E-state index contributed by atoms with van der Waals surface area (Å²) < 4.78 is 32.2. The van der Waals surface area contributed by atoms with Gasteiger partial charge in [-0.3, -0.25) is 5.10 Å². The van der Waals surface area contributed by atoms with Crippen molar-refractivity contribution >= 4 is 22.5 Å². The molecule has 6 heteroatoms. The number of hydrogen-bond acceptors (Lipinski definition) is 2. The van der Waals surface area contributed by atoms with Crippen molar-refractivity contribution in [3.8, 4) is 22.8 Å². The van der Waals surface area contributed by atoms with Gasteiger partial charge >= 0.3 is 0 Å². The van der Waals surface area contributed by atoms with Crippen LogP contribution in [0.4, 0.5) is 8.78 Å². The van der Waals surface area contributed by atoms with Gasteiger partial charge in [0, 0.05) is 23.1 Å². The standard InChI is InChI=1S/C19H11ClF2N2O/c20-15-4-2-1-3-13(15)19-14-7-6-12(10-17(14)23-24-19)25-18-8-5-11(21)9-16(18)22/h1-10H,(H,23,24). The Morgan fingerprint density at radius 2 is 1.80 bits per heavy atom. The number of aromatic amines is 1. The summed E-state index contributed by atoms with van der Waals surface area (Å²) in [6, 6.07) is 15.8. The van der Waals surface area contributed by atoms with Gasteiger partial charge in [-0.15, -0.1) is 0 Å². The monoisotopic (exact) mass is 356 g/mol. The quantitative estimate of drug-likeness (QED) is 0.492. The number of nitrogens with zero attached hydrogens (tertiary/aromatic N) is 1. The molecule has 0 atom stereocenters. The molecule has 0 spiro atoms. The van der Waals surface area contributed by atoms with Gasteiger partial charge in [-0.2, -0.15) is 5.10 Å². The first-order chi connectivity index (χ1) is 12.1. The molecule has 0 unspecified atom stereocenters. The van der Waals surface area contributed by atoms with E-state index in [0.29, 0.717) is 10.8 Å². The number of benzene rings is 3. The van der Waals surface area contributed by atoms with Crippen molar-refractivity contribution in [2.75, 3.05) is 0 Å². The summed E-state index contributed by atoms with van der Waals surface area (Å²) in [4.78, 5) is 0. The number of halogens is 3. The maximum absolute atomic E-state index is 13.7. The molecule has 1 aromatic heterocycles. The summed E-state index contributed by atoms with van der Waals surface area (Å²) in [7, 11) is 0. The molecule has 1 heterocycles. The van der Waals surface area contributed by atoms with Gasteiger partial charge in [0.25, 0.3) is 0 Å². The van der Waals surface area contributed by atoms with E-state index in [2.05, 4.69) is 10.2 Å². The van der Waals surface area contributed by atoms with Crippen LogP contribution in [0.3, 0.4) is 0 Å². The van der Waals surface area contributed by atoms with Crippen molar-refractivity contribution in [2.24, 2.45) is 0 Å². The van der Waals surface area contributed by atoms with Crippen LogP contribution in [0.5, 0.6) is 11.5 Å². The highest BCUT2D eigenvalue weighted by Gasteiger charge is 2.12. The molecule has 25 heavy (non-hydrogen) atoms. The van der Waals surface area contributed by atoms with Crippen molar-refractivity contribution in [1.82, 2.24) is 10.2 Å². The highest BCUT2D eigenvalue weighted by molar-refractivity contribution is 6.33. The van der Waals surface area contributed by atoms with Gasteiger partial charge in [0.1, 0.15) is 17.3 Å². The second kappa shape index (κ2) is 6.18. The number of hydrogen-bond donors (Lipinski definition) is 1. The lowest BCUT2D eigenvalue weighted by Gasteiger charge is -2.07. The van der Waals surface area contributed by atoms with Crippen LogP contribution in [-0.4, -0.2) is 10.2 Å². The molecule has 0 fully saturated rings. The highest BCUT2D eigenvalue weighted by Crippen LogP contribution is 2.34. The summed E-state index contributed by atoms with van der Waals surface area (Å²) >= 11 is 6.23. The fourth-order valence-corrected chi connectivity index (χ4v) is 2.83. The molecule has 0 bridgehead atoms. The Hall–Kier alpha value is -2.92. The predicted octanol–water partition coefficient (Wildman–Crippen LogP) is 5.95. The molecule has 0 saturated carbocycles. The normalized spacial score (nSPS) is 11.0. The zero-order valence-electron chi connectivity index (χ0n) is 12.8. The van der Waals surface area contributed by atoms with E-state index >= 15 is 0 Å². The van der Waals surface area contributed by atoms with Gasteiger partial charge in [0.05, 0.1) is 10.5 Å². The molecule has 0 aliphatic rings. The van der Waals surface area contributed by atoms with Gasteiger partial charge < -0.3 is 4.74 Å². The van der Waals surface area contributed by atoms with E-state index in [9.17, 15) is 8.78 Å². The Balaban J connectivity index is 1.71. The number of H-pyrrole nitrogens is 1. The topological polar surface area (TPSA) is 37.9 Å². The summed E-state index contributed by atoms with van der Waals surface area (Å²) in [5.41, 5.74) is 2.25. The Morgan fingerprint density at radius 1 is 0.960 bits per heavy atom. The molecule has 124 valence electrons. The van der Waals surface area contributed by atoms with E-state index in [1.807, 2.05) is 24.3 Å². The summed E-state index contributed by atoms with van der Waals surface area (Å²) in [6.07, 6.45) is 0. The van der Waals surface area contributed by atoms with Crippen molar-refractivity contribution < 1.29 is 13.5 Å². The smallest absolute Gasteiger partial charge is 0.168 e. The maximum Gasteiger partial charge on any atom is 0.168 e. The van der Waals surface area contributed by atoms with E-state index in [-0.39, 0.29) is 5.75 Å². The third-order valence-electron chi connectivity index (χ3n) is 3.79. The molecule has 4 rings (SSSR count). The fraction of sp³-hybridized carbons (Fsp3) is 0. The van der Waals surface area contributed by atoms with Crippen LogP contribution in [0.1, 0.15) is 0 Å². The minimum absolute atomic E-state index is 0.0495. The molecule has 0 aliphatic heterocycles. The first-order valence-electron chi connectivity index (χ1n) is 7.48. The van der Waals surface area contributed by atoms with Crippen LogP contribution in [0, 0.1) is 11.6 Å². The van der Waals surface area contributed by atoms with Gasteiger partial charge in [0.2, 0.25) is 0 Å². The Labute approximate surface area is 146 Å². The van der Waals surface area contributed by atoms with Crippen LogP contribution in [0.15, 0.2) is 60.7 Å². The van der Waals surface area contributed by atoms with Crippen LogP contribution in [-0.2, 0) is 0 Å². The molecule has 4 aromatic rings. The first kappa shape index (κ1) is 15.6. The van der Waals surface area contributed by atoms with E-state index in [4.69, 9.17) is 16.3 Å². The van der Waals surface area contributed by atoms with Crippen molar-refractivity contribution in [1.29, 1.82) is 0 Å². The lowest BCUT2D eigenvalue weighted by molar-refractivity contribution is 0.438. The van der Waals surface area contributed by atoms with Crippen molar-refractivity contribution in [3.05, 3.63) is 77.3 Å². The molecular formula is C19H11ClF2N2O. The van der Waals surface area contributed by atoms with Crippen molar-refractivity contribution in [3.63, 3.8) is 0 Å². The second-order valence-electron chi connectivity index (χ2n) is 5.44. The van der Waals surface area contributed by atoms with Gasteiger partial charge in [0.15, 0.2) is 11.6 Å². The lowest BCUT2D eigenvalue weighted by atomic mass is 10.1. The SMILES string of the molecule is Fc1ccc(Oc2ccc3c(-c4ccccc4Cl)n[nH]c3c2)c(F)c1. The fourth-order valence-electron chi connectivity index (χ4n) is 2.61. The Kier molecular flexibility index (Phi) is 3.86. The van der Waals surface area contributed by atoms with E-state index < -0.39 is 11.6 Å². The highest BCUT2D eigenvalue weighted by atomic mass is 35.5. The minimum atomic E-state index is -0.763. The average molecular weight is 357 g/mol. The first-order valence-corrected chi connectivity index (χ1v) is 7.85. The second-order valence-corrected chi connectivity index (χ2v) is 5.84. The van der Waals surface area contributed by atoms with Crippen LogP contribution >= 0.6 is 11.6 Å². The number of nitrogens with one attached hydrogen (secondary N) is 1. The zero-order valence-corrected chi connectivity index (χ0v) is 13.5. The third kappa shape index (κ3) is 2.94. The number of rotatable bonds is 3. The van der Waals surface area contributed by atoms with Gasteiger partial charge in [-0.05, 0) is 30.3 Å². The zero-order chi connectivity index (χ0) is 17.4. The molecule has 0 radical (unpaired) electrons. The van der Waals surface area contributed by atoms with E-state index in [0.717, 1.165) is 34.3 Å². The summed E-state index contributed by atoms with van der Waals surface area (Å²) in [6.45, 7) is 0. The van der Waals surface area contributed by atoms with Gasteiger partial charge in [-0.25, -0.2) is 8.78 Å². The van der Waals surface area contributed by atoms with Crippen LogP contribution in [0.25, 0.3) is 22.2 Å². The van der Waals surface area contributed by atoms with Crippen LogP contribution in [0.2, 0.25) is 5.02 Å². The molecular weight excluding hydrogens is 346 g/mol. The Bertz CT molecular complexity index is 1080. The molecule has 0 saturated heterocycles. The van der Waals surface area contributed by atoms with E-state index in [1.165, 1.54) is 6.07 Å². The predicted molar refractivity (Wildman–Crippen MR) is 93.0 cm³/mol. The Morgan fingerprint density at radius 3 is 2.60 bits per heavy atom. The largest absolute Gasteiger partial charge is 0.454 e. The molecule has 0 aliphatic carbocycles. The minimum Gasteiger partial charge on any atom is -0.454 e. The summed E-state index contributed by atoms with van der Waals surface area (Å²) in [5.74, 6) is -1.06. The molecule has 0 amide bonds. The van der Waals surface area contributed by atoms with Crippen LogP contribution < -0.4 is 4.74 Å². The number of ether oxygens (including phenoxy) is 1. The molecule has 3 nitrogen and oxygen atoms in total. The lowest BCUT2D eigenvalue weighted by Crippen LogP contribution is -1.89. The third-order valence-corrected chi connectivity index (χ3v) is 4.11. The van der Waals surface area contributed by atoms with Gasteiger partial charge in [-0.1, -0.05) is 29.8 Å². The average Bonchev–Trinajstić information content (AvgIpc) is 3.01. The number of fused-ring (bicyclic) bond motifs is 1. The molecule has 3 aromatic carbocycles. The van der Waals surface area contributed by atoms with E-state index in [1.54, 1.807) is 18.2 Å². The molecule has 1 N–H and O–H groups in total.